The molecule has 242 valence electrons. The Balaban J connectivity index is 1.17. The van der Waals surface area contributed by atoms with Crippen LogP contribution >= 0.6 is 0 Å². The first-order chi connectivity index (χ1) is 25.8. The normalized spacial score (nSPS) is 11.5. The smallest absolute Gasteiger partial charge is 0.00262 e. The summed E-state index contributed by atoms with van der Waals surface area (Å²) in [6.45, 7) is 0. The molecule has 10 aromatic rings. The van der Waals surface area contributed by atoms with Crippen LogP contribution in [-0.4, -0.2) is 0 Å². The zero-order valence-electron chi connectivity index (χ0n) is 28.6. The predicted octanol–water partition coefficient (Wildman–Crippen LogP) is 14.6. The molecule has 0 atom stereocenters. The highest BCUT2D eigenvalue weighted by Gasteiger charge is 2.19. The fraction of sp³-hybridized carbons (Fsp3) is 0. The molecule has 0 N–H and O–H groups in total. The van der Waals surface area contributed by atoms with E-state index in [4.69, 9.17) is 0 Å². The van der Waals surface area contributed by atoms with Gasteiger partial charge in [-0.1, -0.05) is 200 Å². The van der Waals surface area contributed by atoms with Crippen LogP contribution in [0.4, 0.5) is 0 Å². The summed E-state index contributed by atoms with van der Waals surface area (Å²) in [5.41, 5.74) is 12.5. The van der Waals surface area contributed by atoms with Crippen LogP contribution in [0.15, 0.2) is 206 Å². The van der Waals surface area contributed by atoms with E-state index in [0.717, 1.165) is 0 Å². The van der Waals surface area contributed by atoms with Gasteiger partial charge in [-0.3, -0.25) is 0 Å². The van der Waals surface area contributed by atoms with Crippen molar-refractivity contribution in [1.82, 2.24) is 0 Å². The largest absolute Gasteiger partial charge is 0.0622 e. The van der Waals surface area contributed by atoms with Gasteiger partial charge in [0.05, 0.1) is 0 Å². The molecule has 0 spiro atoms. The molecule has 0 saturated heterocycles. The Labute approximate surface area is 303 Å². The first-order valence-electron chi connectivity index (χ1n) is 18.0. The summed E-state index contributed by atoms with van der Waals surface area (Å²) in [6, 6.07) is 75.4. The Morgan fingerprint density at radius 2 is 0.404 bits per heavy atom. The third kappa shape index (κ3) is 4.92. The highest BCUT2D eigenvalue weighted by Crippen LogP contribution is 2.46. The lowest BCUT2D eigenvalue weighted by molar-refractivity contribution is 1.62. The first-order valence-corrected chi connectivity index (χ1v) is 18.0. The van der Waals surface area contributed by atoms with Gasteiger partial charge < -0.3 is 0 Å². The Morgan fingerprint density at radius 3 is 0.769 bits per heavy atom. The quantitative estimate of drug-likeness (QED) is 0.161. The lowest BCUT2D eigenvalue weighted by Crippen LogP contribution is -1.92. The standard InChI is InChI=1S/C52H34/c1-4-16-36(17-5-1)49-41-22-10-12-24-43(41)51(44-25-13-11-23-42(44)49)39-30-28-35(29-31-39)40-32-33-47-48(34-40)52(38-20-8-3-9-21-38)46-27-15-14-26-45(46)50(47)37-18-6-2-7-19-37/h1-34H. The SMILES string of the molecule is c1ccc(-c2c3ccccc3c(-c3ccc(-c4ccc5c(-c6ccccc6)c6ccccc6c(-c6ccccc6)c5c4)cc3)c3ccccc23)cc1. The van der Waals surface area contributed by atoms with Gasteiger partial charge in [-0.05, 0) is 105 Å². The predicted molar refractivity (Wildman–Crippen MR) is 224 cm³/mol. The second-order valence-corrected chi connectivity index (χ2v) is 13.6. The van der Waals surface area contributed by atoms with Gasteiger partial charge in [0, 0.05) is 0 Å². The summed E-state index contributed by atoms with van der Waals surface area (Å²) >= 11 is 0. The molecule has 0 fully saturated rings. The fourth-order valence-electron chi connectivity index (χ4n) is 8.37. The molecule has 0 unspecified atom stereocenters. The first kappa shape index (κ1) is 30.1. The number of rotatable bonds is 5. The zero-order chi connectivity index (χ0) is 34.4. The summed E-state index contributed by atoms with van der Waals surface area (Å²) in [7, 11) is 0. The van der Waals surface area contributed by atoms with Crippen molar-refractivity contribution in [3.05, 3.63) is 206 Å². The van der Waals surface area contributed by atoms with E-state index in [0.29, 0.717) is 0 Å². The van der Waals surface area contributed by atoms with Crippen molar-refractivity contribution in [2.45, 2.75) is 0 Å². The van der Waals surface area contributed by atoms with Gasteiger partial charge in [-0.2, -0.15) is 0 Å². The molecular formula is C52H34. The van der Waals surface area contributed by atoms with E-state index in [1.807, 2.05) is 0 Å². The Morgan fingerprint density at radius 1 is 0.154 bits per heavy atom. The van der Waals surface area contributed by atoms with Crippen LogP contribution in [0.1, 0.15) is 0 Å². The third-order valence-electron chi connectivity index (χ3n) is 10.6. The molecule has 0 saturated carbocycles. The van der Waals surface area contributed by atoms with Gasteiger partial charge in [0.25, 0.3) is 0 Å². The summed E-state index contributed by atoms with van der Waals surface area (Å²) in [4.78, 5) is 0. The number of fused-ring (bicyclic) bond motifs is 4. The second-order valence-electron chi connectivity index (χ2n) is 13.6. The molecule has 0 aliphatic carbocycles. The monoisotopic (exact) mass is 658 g/mol. The Hall–Kier alpha value is -6.76. The molecule has 10 rings (SSSR count). The summed E-state index contributed by atoms with van der Waals surface area (Å²) < 4.78 is 0. The van der Waals surface area contributed by atoms with E-state index < -0.39 is 0 Å². The van der Waals surface area contributed by atoms with Crippen molar-refractivity contribution in [2.24, 2.45) is 0 Å². The number of benzene rings is 10. The number of hydrogen-bond donors (Lipinski definition) is 0. The minimum absolute atomic E-state index is 1.20. The number of hydrogen-bond acceptors (Lipinski definition) is 0. The second kappa shape index (κ2) is 12.5. The van der Waals surface area contributed by atoms with E-state index in [1.165, 1.54) is 98.7 Å². The van der Waals surface area contributed by atoms with Crippen molar-refractivity contribution in [1.29, 1.82) is 0 Å². The maximum Gasteiger partial charge on any atom is -0.00262 e. The Kier molecular flexibility index (Phi) is 7.25. The highest BCUT2D eigenvalue weighted by atomic mass is 14.2. The van der Waals surface area contributed by atoms with E-state index in [2.05, 4.69) is 206 Å². The van der Waals surface area contributed by atoms with Crippen molar-refractivity contribution >= 4 is 43.1 Å². The van der Waals surface area contributed by atoms with Gasteiger partial charge in [0.15, 0.2) is 0 Å². The fourth-order valence-corrected chi connectivity index (χ4v) is 8.37. The van der Waals surface area contributed by atoms with Crippen LogP contribution < -0.4 is 0 Å². The van der Waals surface area contributed by atoms with Crippen LogP contribution in [0.3, 0.4) is 0 Å². The molecule has 0 bridgehead atoms. The molecule has 0 aliphatic rings. The average Bonchev–Trinajstić information content (AvgIpc) is 3.22. The van der Waals surface area contributed by atoms with Crippen LogP contribution in [0.2, 0.25) is 0 Å². The summed E-state index contributed by atoms with van der Waals surface area (Å²) in [5.74, 6) is 0. The van der Waals surface area contributed by atoms with Gasteiger partial charge in [-0.15, -0.1) is 0 Å². The van der Waals surface area contributed by atoms with Crippen LogP contribution in [0, 0.1) is 0 Å². The van der Waals surface area contributed by atoms with Gasteiger partial charge in [-0.25, -0.2) is 0 Å². The van der Waals surface area contributed by atoms with Crippen molar-refractivity contribution in [3.8, 4) is 55.6 Å². The molecule has 0 heteroatoms. The summed E-state index contributed by atoms with van der Waals surface area (Å²) in [6.07, 6.45) is 0. The molecule has 52 heavy (non-hydrogen) atoms. The summed E-state index contributed by atoms with van der Waals surface area (Å²) in [5, 5.41) is 10.2. The van der Waals surface area contributed by atoms with Crippen LogP contribution in [0.25, 0.3) is 98.7 Å². The Bertz CT molecular complexity index is 2850. The van der Waals surface area contributed by atoms with E-state index in [-0.39, 0.29) is 0 Å². The molecule has 0 aromatic heterocycles. The maximum absolute atomic E-state index is 2.41. The van der Waals surface area contributed by atoms with E-state index in [1.54, 1.807) is 0 Å². The van der Waals surface area contributed by atoms with Crippen molar-refractivity contribution < 1.29 is 0 Å². The molecule has 0 aliphatic heterocycles. The molecule has 0 heterocycles. The molecular weight excluding hydrogens is 625 g/mol. The lowest BCUT2D eigenvalue weighted by atomic mass is 9.84. The third-order valence-corrected chi connectivity index (χ3v) is 10.6. The average molecular weight is 659 g/mol. The minimum atomic E-state index is 1.20. The maximum atomic E-state index is 2.41. The topological polar surface area (TPSA) is 0 Å². The minimum Gasteiger partial charge on any atom is -0.0622 e. The van der Waals surface area contributed by atoms with Gasteiger partial charge >= 0.3 is 0 Å². The highest BCUT2D eigenvalue weighted by molar-refractivity contribution is 6.23. The van der Waals surface area contributed by atoms with Gasteiger partial charge in [0.1, 0.15) is 0 Å². The molecule has 0 nitrogen and oxygen atoms in total. The zero-order valence-corrected chi connectivity index (χ0v) is 28.6. The van der Waals surface area contributed by atoms with Crippen molar-refractivity contribution in [2.75, 3.05) is 0 Å². The van der Waals surface area contributed by atoms with Gasteiger partial charge in [0.2, 0.25) is 0 Å². The van der Waals surface area contributed by atoms with Crippen LogP contribution in [-0.2, 0) is 0 Å². The molecule has 10 aromatic carbocycles. The van der Waals surface area contributed by atoms with E-state index in [9.17, 15) is 0 Å². The molecule has 0 amide bonds. The van der Waals surface area contributed by atoms with Crippen molar-refractivity contribution in [3.63, 3.8) is 0 Å². The van der Waals surface area contributed by atoms with E-state index >= 15 is 0 Å². The van der Waals surface area contributed by atoms with Crippen LogP contribution in [0.5, 0.6) is 0 Å². The lowest BCUT2D eigenvalue weighted by Gasteiger charge is -2.19. The molecule has 0 radical (unpaired) electrons.